The summed E-state index contributed by atoms with van der Waals surface area (Å²) in [6, 6.07) is 7.26. The van der Waals surface area contributed by atoms with E-state index >= 15 is 0 Å². The third-order valence-electron chi connectivity index (χ3n) is 3.43. The minimum Gasteiger partial charge on any atom is -0.497 e. The number of methoxy groups -OCH3 is 1. The van der Waals surface area contributed by atoms with Crippen molar-refractivity contribution in [2.24, 2.45) is 0 Å². The van der Waals surface area contributed by atoms with Crippen LogP contribution in [0, 0.1) is 0 Å². The summed E-state index contributed by atoms with van der Waals surface area (Å²) < 4.78 is 12.9. The minimum absolute atomic E-state index is 0.0963. The van der Waals surface area contributed by atoms with Crippen molar-refractivity contribution in [1.82, 2.24) is 14.9 Å². The minimum atomic E-state index is -0.504. The molecule has 0 aliphatic carbocycles. The predicted octanol–water partition coefficient (Wildman–Crippen LogP) is 2.26. The Balaban J connectivity index is 1.78. The summed E-state index contributed by atoms with van der Waals surface area (Å²) in [5.41, 5.74) is 0. The summed E-state index contributed by atoms with van der Waals surface area (Å²) in [5, 5.41) is 2.92. The number of aryl methyl sites for hydroxylation is 1. The van der Waals surface area contributed by atoms with Crippen LogP contribution in [0.25, 0.3) is 0 Å². The van der Waals surface area contributed by atoms with Crippen molar-refractivity contribution < 1.29 is 14.3 Å². The zero-order chi connectivity index (χ0) is 16.5. The number of nitrogens with one attached hydrogen (secondary N) is 1. The van der Waals surface area contributed by atoms with E-state index in [1.54, 1.807) is 25.7 Å². The molecule has 1 atom stereocenters. The van der Waals surface area contributed by atoms with Crippen LogP contribution < -0.4 is 14.8 Å². The SMILES string of the molecule is CC[C@@H](Oc1cccc(OC)c1)C(=O)NCCCn1ccnc1. The molecule has 6 nitrogen and oxygen atoms in total. The van der Waals surface area contributed by atoms with Crippen LogP contribution in [0.1, 0.15) is 19.8 Å². The fourth-order valence-corrected chi connectivity index (χ4v) is 2.17. The Morgan fingerprint density at radius 2 is 2.22 bits per heavy atom. The molecule has 0 saturated heterocycles. The third-order valence-corrected chi connectivity index (χ3v) is 3.43. The molecule has 1 aromatic carbocycles. The van der Waals surface area contributed by atoms with Crippen LogP contribution in [0.3, 0.4) is 0 Å². The molecule has 0 spiro atoms. The molecule has 2 aromatic rings. The predicted molar refractivity (Wildman–Crippen MR) is 87.6 cm³/mol. The third kappa shape index (κ3) is 5.32. The van der Waals surface area contributed by atoms with Gasteiger partial charge in [0.05, 0.1) is 13.4 Å². The van der Waals surface area contributed by atoms with E-state index in [4.69, 9.17) is 9.47 Å². The standard InChI is InChI=1S/C17H23N3O3/c1-3-16(23-15-7-4-6-14(12-15)22-2)17(21)19-8-5-10-20-11-9-18-13-20/h4,6-7,9,11-13,16H,3,5,8,10H2,1-2H3,(H,19,21)/t16-/m1/s1. The average molecular weight is 317 g/mol. The highest BCUT2D eigenvalue weighted by molar-refractivity contribution is 5.81. The molecular weight excluding hydrogens is 294 g/mol. The molecule has 0 aliphatic heterocycles. The number of hydrogen-bond acceptors (Lipinski definition) is 4. The summed E-state index contributed by atoms with van der Waals surface area (Å²) in [4.78, 5) is 16.2. The maximum absolute atomic E-state index is 12.2. The van der Waals surface area contributed by atoms with Gasteiger partial charge in [0.25, 0.3) is 5.91 Å². The fraction of sp³-hybridized carbons (Fsp3) is 0.412. The van der Waals surface area contributed by atoms with Crippen molar-refractivity contribution >= 4 is 5.91 Å². The lowest BCUT2D eigenvalue weighted by Gasteiger charge is -2.17. The van der Waals surface area contributed by atoms with Crippen LogP contribution in [0.4, 0.5) is 0 Å². The van der Waals surface area contributed by atoms with Crippen molar-refractivity contribution in [2.75, 3.05) is 13.7 Å². The molecule has 0 fully saturated rings. The lowest BCUT2D eigenvalue weighted by molar-refractivity contribution is -0.128. The summed E-state index contributed by atoms with van der Waals surface area (Å²) in [6.07, 6.45) is 6.36. The van der Waals surface area contributed by atoms with Gasteiger partial charge in [-0.3, -0.25) is 4.79 Å². The molecule has 0 saturated carbocycles. The molecule has 1 amide bonds. The van der Waals surface area contributed by atoms with Gasteiger partial charge in [-0.05, 0) is 25.0 Å². The number of rotatable bonds is 9. The van der Waals surface area contributed by atoms with E-state index in [-0.39, 0.29) is 5.91 Å². The van der Waals surface area contributed by atoms with Crippen molar-refractivity contribution in [2.45, 2.75) is 32.4 Å². The van der Waals surface area contributed by atoms with Gasteiger partial charge in [0.2, 0.25) is 0 Å². The number of nitrogens with zero attached hydrogens (tertiary/aromatic N) is 2. The van der Waals surface area contributed by atoms with Crippen LogP contribution >= 0.6 is 0 Å². The summed E-state index contributed by atoms with van der Waals surface area (Å²) in [5.74, 6) is 1.24. The number of carbonyl (C=O) groups excluding carboxylic acids is 1. The Morgan fingerprint density at radius 1 is 1.39 bits per heavy atom. The van der Waals surface area contributed by atoms with Gasteiger partial charge in [0, 0.05) is 31.5 Å². The van der Waals surface area contributed by atoms with Gasteiger partial charge in [-0.25, -0.2) is 4.98 Å². The van der Waals surface area contributed by atoms with Gasteiger partial charge in [-0.15, -0.1) is 0 Å². The van der Waals surface area contributed by atoms with Crippen LogP contribution in [0.2, 0.25) is 0 Å². The van der Waals surface area contributed by atoms with Crippen LogP contribution in [-0.4, -0.2) is 35.2 Å². The van der Waals surface area contributed by atoms with Gasteiger partial charge in [0.15, 0.2) is 6.10 Å². The molecule has 124 valence electrons. The van der Waals surface area contributed by atoms with Crippen LogP contribution in [-0.2, 0) is 11.3 Å². The average Bonchev–Trinajstić information content (AvgIpc) is 3.10. The van der Waals surface area contributed by atoms with E-state index in [0.717, 1.165) is 13.0 Å². The second-order valence-electron chi connectivity index (χ2n) is 5.14. The van der Waals surface area contributed by atoms with Gasteiger partial charge >= 0.3 is 0 Å². The molecule has 0 unspecified atom stereocenters. The maximum atomic E-state index is 12.2. The lowest BCUT2D eigenvalue weighted by Crippen LogP contribution is -2.38. The quantitative estimate of drug-likeness (QED) is 0.721. The monoisotopic (exact) mass is 317 g/mol. The number of imidazole rings is 1. The first-order valence-electron chi connectivity index (χ1n) is 7.77. The van der Waals surface area contributed by atoms with E-state index in [0.29, 0.717) is 24.5 Å². The Labute approximate surface area is 136 Å². The van der Waals surface area contributed by atoms with E-state index in [2.05, 4.69) is 10.3 Å². The Bertz CT molecular complexity index is 599. The molecule has 2 rings (SSSR count). The Hall–Kier alpha value is -2.50. The number of aromatic nitrogens is 2. The molecule has 1 aromatic heterocycles. The number of ether oxygens (including phenoxy) is 2. The smallest absolute Gasteiger partial charge is 0.261 e. The topological polar surface area (TPSA) is 65.4 Å². The molecule has 23 heavy (non-hydrogen) atoms. The lowest BCUT2D eigenvalue weighted by atomic mass is 10.2. The second kappa shape index (κ2) is 8.82. The molecule has 1 N–H and O–H groups in total. The first-order valence-corrected chi connectivity index (χ1v) is 7.77. The number of benzene rings is 1. The number of carbonyl (C=O) groups is 1. The van der Waals surface area contributed by atoms with E-state index < -0.39 is 6.10 Å². The van der Waals surface area contributed by atoms with Gasteiger partial charge < -0.3 is 19.4 Å². The van der Waals surface area contributed by atoms with Crippen LogP contribution in [0.15, 0.2) is 43.0 Å². The zero-order valence-electron chi connectivity index (χ0n) is 13.6. The van der Waals surface area contributed by atoms with Crippen molar-refractivity contribution in [3.05, 3.63) is 43.0 Å². The Morgan fingerprint density at radius 3 is 2.91 bits per heavy atom. The highest BCUT2D eigenvalue weighted by Crippen LogP contribution is 2.20. The fourth-order valence-electron chi connectivity index (χ4n) is 2.17. The number of hydrogen-bond donors (Lipinski definition) is 1. The number of amides is 1. The van der Waals surface area contributed by atoms with Gasteiger partial charge in [0.1, 0.15) is 11.5 Å². The molecule has 1 heterocycles. The van der Waals surface area contributed by atoms with Crippen LogP contribution in [0.5, 0.6) is 11.5 Å². The van der Waals surface area contributed by atoms with Gasteiger partial charge in [-0.2, -0.15) is 0 Å². The first kappa shape index (κ1) is 16.9. The second-order valence-corrected chi connectivity index (χ2v) is 5.14. The maximum Gasteiger partial charge on any atom is 0.261 e. The molecule has 0 aliphatic rings. The summed E-state index contributed by atoms with van der Waals surface area (Å²) in [6.45, 7) is 3.36. The van der Waals surface area contributed by atoms with Gasteiger partial charge in [-0.1, -0.05) is 13.0 Å². The van der Waals surface area contributed by atoms with Crippen molar-refractivity contribution in [3.8, 4) is 11.5 Å². The van der Waals surface area contributed by atoms with E-state index in [1.165, 1.54) is 0 Å². The Kier molecular flexibility index (Phi) is 6.47. The largest absolute Gasteiger partial charge is 0.497 e. The zero-order valence-corrected chi connectivity index (χ0v) is 13.6. The molecular formula is C17H23N3O3. The van der Waals surface area contributed by atoms with Crippen molar-refractivity contribution in [1.29, 1.82) is 0 Å². The summed E-state index contributed by atoms with van der Waals surface area (Å²) in [7, 11) is 1.60. The van der Waals surface area contributed by atoms with Crippen molar-refractivity contribution in [3.63, 3.8) is 0 Å². The molecule has 6 heteroatoms. The molecule has 0 radical (unpaired) electrons. The highest BCUT2D eigenvalue weighted by Gasteiger charge is 2.17. The summed E-state index contributed by atoms with van der Waals surface area (Å²) >= 11 is 0. The van der Waals surface area contributed by atoms with E-state index in [1.807, 2.05) is 35.9 Å². The highest BCUT2D eigenvalue weighted by atomic mass is 16.5. The van der Waals surface area contributed by atoms with E-state index in [9.17, 15) is 4.79 Å². The molecule has 0 bridgehead atoms. The normalized spacial score (nSPS) is 11.7. The first-order chi connectivity index (χ1) is 11.2.